The van der Waals surface area contributed by atoms with Crippen molar-refractivity contribution in [3.8, 4) is 0 Å². The van der Waals surface area contributed by atoms with Gasteiger partial charge in [0, 0.05) is 42.2 Å². The van der Waals surface area contributed by atoms with Crippen molar-refractivity contribution in [3.63, 3.8) is 0 Å². The number of halogens is 3. The molecule has 0 radical (unpaired) electrons. The maximum absolute atomic E-state index is 13.0. The van der Waals surface area contributed by atoms with Gasteiger partial charge in [0.05, 0.1) is 0 Å². The van der Waals surface area contributed by atoms with Crippen LogP contribution in [-0.2, 0) is 0 Å². The molecular weight excluding hydrogens is 547 g/mol. The third-order valence-electron chi connectivity index (χ3n) is 9.17. The van der Waals surface area contributed by atoms with Crippen LogP contribution in [0.2, 0.25) is 0 Å². The van der Waals surface area contributed by atoms with E-state index < -0.39 is 12.6 Å². The Labute approximate surface area is 255 Å². The van der Waals surface area contributed by atoms with E-state index in [0.717, 1.165) is 64.6 Å². The van der Waals surface area contributed by atoms with E-state index in [1.807, 2.05) is 6.08 Å². The zero-order valence-electron chi connectivity index (χ0n) is 25.4. The van der Waals surface area contributed by atoms with Crippen LogP contribution in [0.1, 0.15) is 81.5 Å². The average molecular weight is 594 g/mol. The van der Waals surface area contributed by atoms with Gasteiger partial charge in [-0.3, -0.25) is 4.79 Å². The van der Waals surface area contributed by atoms with Crippen LogP contribution in [0.4, 0.5) is 18.9 Å². The summed E-state index contributed by atoms with van der Waals surface area (Å²) in [6, 6.07) is 7.20. The van der Waals surface area contributed by atoms with Crippen LogP contribution in [-0.4, -0.2) is 42.7 Å². The molecule has 1 amide bonds. The van der Waals surface area contributed by atoms with E-state index in [4.69, 9.17) is 5.73 Å². The van der Waals surface area contributed by atoms with Gasteiger partial charge in [0.1, 0.15) is 0 Å². The number of allylic oxidation sites excluding steroid dienone is 11. The minimum Gasteiger partial charge on any atom is -0.399 e. The fourth-order valence-corrected chi connectivity index (χ4v) is 6.86. The number of unbranched alkanes of at least 4 members (excludes halogenated alkanes) is 2. The lowest BCUT2D eigenvalue weighted by atomic mass is 9.69. The highest BCUT2D eigenvalue weighted by Crippen LogP contribution is 2.55. The summed E-state index contributed by atoms with van der Waals surface area (Å²) in [5.41, 5.74) is 11.6. The third kappa shape index (κ3) is 8.62. The molecule has 0 spiro atoms. The minimum atomic E-state index is -4.12. The normalized spacial score (nSPS) is 21.5. The zero-order valence-corrected chi connectivity index (χ0v) is 25.4. The molecule has 3 N–H and O–H groups in total. The second kappa shape index (κ2) is 14.9. The standard InChI is InChI=1S/C36H46F3N3O/c1-3-4-15-31-27(2)35(20-8-9-22-36(37,38)39,33-17-7-5-6-16-32(31)33)21-10-11-23-42-24-18-30(19-25-42)41-34(43)28-13-12-14-29(40)26-28/h3-4,6-7,12-17,26,30H,1,5,8-11,18-25,40H2,2H3,(H,41,43)/b15-4-. The third-order valence-corrected chi connectivity index (χ3v) is 9.17. The Bertz CT molecular complexity index is 1290. The highest BCUT2D eigenvalue weighted by molar-refractivity contribution is 5.95. The number of likely N-dealkylation sites (tertiary alicyclic amines) is 1. The Hall–Kier alpha value is -3.32. The summed E-state index contributed by atoms with van der Waals surface area (Å²) in [5.74, 6) is -0.0790. The molecule has 4 rings (SSSR count). The molecule has 1 atom stereocenters. The molecule has 0 saturated carbocycles. The smallest absolute Gasteiger partial charge is 0.389 e. The Morgan fingerprint density at radius 2 is 1.84 bits per heavy atom. The summed E-state index contributed by atoms with van der Waals surface area (Å²) in [7, 11) is 0. The lowest BCUT2D eigenvalue weighted by Crippen LogP contribution is -2.44. The number of anilines is 1. The summed E-state index contributed by atoms with van der Waals surface area (Å²) in [5, 5.41) is 3.16. The van der Waals surface area contributed by atoms with Gasteiger partial charge < -0.3 is 16.0 Å². The van der Waals surface area contributed by atoms with Crippen LogP contribution in [0, 0.1) is 5.41 Å². The molecule has 1 aromatic carbocycles. The van der Waals surface area contributed by atoms with Crippen LogP contribution in [0.25, 0.3) is 0 Å². The van der Waals surface area contributed by atoms with Crippen molar-refractivity contribution in [2.45, 2.75) is 83.4 Å². The molecule has 2 aliphatic carbocycles. The van der Waals surface area contributed by atoms with Crippen molar-refractivity contribution in [2.24, 2.45) is 5.41 Å². The van der Waals surface area contributed by atoms with Gasteiger partial charge in [0.2, 0.25) is 0 Å². The Balaban J connectivity index is 1.36. The number of alkyl halides is 3. The molecule has 7 heteroatoms. The van der Waals surface area contributed by atoms with Gasteiger partial charge in [-0.15, -0.1) is 0 Å². The fraction of sp³-hybridized carbons (Fsp3) is 0.472. The van der Waals surface area contributed by atoms with Crippen LogP contribution >= 0.6 is 0 Å². The van der Waals surface area contributed by atoms with E-state index in [1.165, 1.54) is 22.3 Å². The molecule has 1 unspecified atom stereocenters. The quantitative estimate of drug-likeness (QED) is 0.137. The average Bonchev–Trinajstić information content (AvgIpc) is 3.11. The first-order chi connectivity index (χ1) is 20.6. The number of nitrogens with two attached hydrogens (primary N) is 1. The van der Waals surface area contributed by atoms with Crippen molar-refractivity contribution >= 4 is 11.6 Å². The molecule has 1 aliphatic heterocycles. The largest absolute Gasteiger partial charge is 0.399 e. The second-order valence-corrected chi connectivity index (χ2v) is 12.1. The number of hydrogen-bond donors (Lipinski definition) is 2. The first-order valence-electron chi connectivity index (χ1n) is 15.7. The molecule has 232 valence electrons. The maximum Gasteiger partial charge on any atom is 0.389 e. The molecule has 43 heavy (non-hydrogen) atoms. The van der Waals surface area contributed by atoms with Crippen LogP contribution in [0.5, 0.6) is 0 Å². The molecule has 4 nitrogen and oxygen atoms in total. The number of nitrogens with one attached hydrogen (secondary N) is 1. The lowest BCUT2D eigenvalue weighted by Gasteiger charge is -2.35. The van der Waals surface area contributed by atoms with Crippen molar-refractivity contribution in [2.75, 3.05) is 25.4 Å². The SMILES string of the molecule is C=C/C=C\C1=C(C)C(CCCCN2CCC(NC(=O)c3cccc(N)c3)CC2)(CCCCC(F)(F)F)C2=C1C=CCC=C2. The van der Waals surface area contributed by atoms with Crippen molar-refractivity contribution < 1.29 is 18.0 Å². The van der Waals surface area contributed by atoms with E-state index in [9.17, 15) is 18.0 Å². The van der Waals surface area contributed by atoms with E-state index in [2.05, 4.69) is 54.1 Å². The summed E-state index contributed by atoms with van der Waals surface area (Å²) in [6.45, 7) is 8.85. The number of carbonyl (C=O) groups excluding carboxylic acids is 1. The topological polar surface area (TPSA) is 58.4 Å². The van der Waals surface area contributed by atoms with Crippen molar-refractivity contribution in [1.29, 1.82) is 0 Å². The van der Waals surface area contributed by atoms with Crippen LogP contribution < -0.4 is 11.1 Å². The van der Waals surface area contributed by atoms with Crippen LogP contribution in [0.15, 0.2) is 95.7 Å². The molecular formula is C36H46F3N3O. The van der Waals surface area contributed by atoms with E-state index in [0.29, 0.717) is 17.7 Å². The fourth-order valence-electron chi connectivity index (χ4n) is 6.86. The highest BCUT2D eigenvalue weighted by Gasteiger charge is 2.42. The van der Waals surface area contributed by atoms with Crippen molar-refractivity contribution in [1.82, 2.24) is 10.2 Å². The molecule has 0 bridgehead atoms. The van der Waals surface area contributed by atoms with Crippen LogP contribution in [0.3, 0.4) is 0 Å². The zero-order chi connectivity index (χ0) is 30.9. The Morgan fingerprint density at radius 3 is 2.53 bits per heavy atom. The first kappa shape index (κ1) is 32.6. The molecule has 1 saturated heterocycles. The number of nitrogen functional groups attached to an aromatic ring is 1. The number of piperidine rings is 1. The summed E-state index contributed by atoms with van der Waals surface area (Å²) in [6.07, 6.45) is 16.7. The molecule has 3 aliphatic rings. The Kier molecular flexibility index (Phi) is 11.3. The monoisotopic (exact) mass is 593 g/mol. The second-order valence-electron chi connectivity index (χ2n) is 12.1. The number of nitrogens with zero attached hydrogens (tertiary/aromatic N) is 1. The predicted molar refractivity (Wildman–Crippen MR) is 171 cm³/mol. The number of benzene rings is 1. The molecule has 1 fully saturated rings. The first-order valence-corrected chi connectivity index (χ1v) is 15.7. The Morgan fingerprint density at radius 1 is 1.12 bits per heavy atom. The number of amides is 1. The summed E-state index contributed by atoms with van der Waals surface area (Å²) < 4.78 is 38.9. The van der Waals surface area contributed by atoms with Gasteiger partial charge in [-0.25, -0.2) is 0 Å². The molecule has 0 aromatic heterocycles. The number of carbonyl (C=O) groups is 1. The maximum atomic E-state index is 13.0. The minimum absolute atomic E-state index is 0.0790. The molecule has 1 heterocycles. The van der Waals surface area contributed by atoms with Gasteiger partial charge in [-0.1, -0.05) is 73.6 Å². The number of rotatable bonds is 13. The van der Waals surface area contributed by atoms with Gasteiger partial charge in [-0.05, 0) is 93.3 Å². The van der Waals surface area contributed by atoms with E-state index >= 15 is 0 Å². The summed E-state index contributed by atoms with van der Waals surface area (Å²) in [4.78, 5) is 15.1. The summed E-state index contributed by atoms with van der Waals surface area (Å²) >= 11 is 0. The van der Waals surface area contributed by atoms with Gasteiger partial charge >= 0.3 is 6.18 Å². The number of hydrogen-bond acceptors (Lipinski definition) is 3. The van der Waals surface area contributed by atoms with Gasteiger partial charge in [0.25, 0.3) is 5.91 Å². The van der Waals surface area contributed by atoms with Crippen molar-refractivity contribution in [3.05, 3.63) is 101 Å². The molecule has 1 aromatic rings. The van der Waals surface area contributed by atoms with Gasteiger partial charge in [-0.2, -0.15) is 13.2 Å². The van der Waals surface area contributed by atoms with E-state index in [1.54, 1.807) is 30.3 Å². The lowest BCUT2D eigenvalue weighted by molar-refractivity contribution is -0.135. The highest BCUT2D eigenvalue weighted by atomic mass is 19.4. The van der Waals surface area contributed by atoms with E-state index in [-0.39, 0.29) is 23.8 Å². The van der Waals surface area contributed by atoms with Gasteiger partial charge in [0.15, 0.2) is 0 Å². The predicted octanol–water partition coefficient (Wildman–Crippen LogP) is 8.63.